The Hall–Kier alpha value is -1.42. The Morgan fingerprint density at radius 2 is 1.88 bits per heavy atom. The Balaban J connectivity index is 1.55. The summed E-state index contributed by atoms with van der Waals surface area (Å²) in [7, 11) is 0. The molecule has 4 aliphatic carbocycles. The second kappa shape index (κ2) is 5.09. The molecule has 1 unspecified atom stereocenters. The number of aliphatic hydroxyl groups excluding tert-OH is 1. The number of carbonyl (C=O) groups is 2. The average Bonchev–Trinajstić information content (AvgIpc) is 3.05. The van der Waals surface area contributed by atoms with Crippen molar-refractivity contribution in [3.05, 3.63) is 23.8 Å². The van der Waals surface area contributed by atoms with Crippen molar-refractivity contribution in [3.8, 4) is 0 Å². The first-order chi connectivity index (χ1) is 12.3. The lowest BCUT2D eigenvalue weighted by Gasteiger charge is -2.57. The third-order valence-electron chi connectivity index (χ3n) is 8.89. The molecule has 140 valence electrons. The van der Waals surface area contributed by atoms with E-state index in [-0.39, 0.29) is 29.0 Å². The molecule has 2 saturated carbocycles. The summed E-state index contributed by atoms with van der Waals surface area (Å²) in [5, 5.41) is 10.7. The monoisotopic (exact) mass is 356 g/mol. The summed E-state index contributed by atoms with van der Waals surface area (Å²) in [5.41, 5.74) is 0.438. The lowest BCUT2D eigenvalue weighted by atomic mass is 9.48. The first kappa shape index (κ1) is 16.7. The second-order valence-electron chi connectivity index (χ2n) is 9.71. The maximum absolute atomic E-state index is 11.9. The SMILES string of the molecule is C[C@]12CCC(=O)C=C1C=C[C@@H]1[C@@H]2CC[C@@]2(C)[C@H]1CC[C@]21OC(=O)CC1O. The van der Waals surface area contributed by atoms with Crippen molar-refractivity contribution in [3.63, 3.8) is 0 Å². The van der Waals surface area contributed by atoms with Crippen LogP contribution in [0.4, 0.5) is 0 Å². The zero-order chi connectivity index (χ0) is 18.3. The molecule has 1 heterocycles. The van der Waals surface area contributed by atoms with E-state index in [1.807, 2.05) is 6.08 Å². The molecule has 0 amide bonds. The van der Waals surface area contributed by atoms with Crippen molar-refractivity contribution in [2.45, 2.75) is 70.5 Å². The molecule has 0 aromatic rings. The summed E-state index contributed by atoms with van der Waals surface area (Å²) in [6, 6.07) is 0. The van der Waals surface area contributed by atoms with Gasteiger partial charge >= 0.3 is 5.97 Å². The fraction of sp³-hybridized carbons (Fsp3) is 0.727. The summed E-state index contributed by atoms with van der Waals surface area (Å²) < 4.78 is 5.85. The minimum atomic E-state index is -0.687. The van der Waals surface area contributed by atoms with Crippen LogP contribution in [0.25, 0.3) is 0 Å². The van der Waals surface area contributed by atoms with Gasteiger partial charge in [0.2, 0.25) is 0 Å². The van der Waals surface area contributed by atoms with Gasteiger partial charge in [-0.3, -0.25) is 9.59 Å². The molecule has 1 aliphatic heterocycles. The lowest BCUT2D eigenvalue weighted by Crippen LogP contribution is -2.57. The molecule has 4 nitrogen and oxygen atoms in total. The predicted molar refractivity (Wildman–Crippen MR) is 96.1 cm³/mol. The normalized spacial score (nSPS) is 52.3. The number of allylic oxidation sites excluding steroid dienone is 4. The Labute approximate surface area is 154 Å². The average molecular weight is 356 g/mol. The summed E-state index contributed by atoms with van der Waals surface area (Å²) >= 11 is 0. The van der Waals surface area contributed by atoms with E-state index in [0.29, 0.717) is 24.2 Å². The quantitative estimate of drug-likeness (QED) is 0.676. The van der Waals surface area contributed by atoms with E-state index in [1.54, 1.807) is 0 Å². The summed E-state index contributed by atoms with van der Waals surface area (Å²) in [5.74, 6) is 1.41. The van der Waals surface area contributed by atoms with E-state index in [1.165, 1.54) is 5.57 Å². The van der Waals surface area contributed by atoms with Crippen LogP contribution in [0.3, 0.4) is 0 Å². The Morgan fingerprint density at radius 1 is 1.12 bits per heavy atom. The van der Waals surface area contributed by atoms with Gasteiger partial charge in [0, 0.05) is 11.8 Å². The van der Waals surface area contributed by atoms with Gasteiger partial charge in [0.25, 0.3) is 0 Å². The van der Waals surface area contributed by atoms with Gasteiger partial charge in [-0.05, 0) is 66.9 Å². The number of aliphatic hydroxyl groups is 1. The van der Waals surface area contributed by atoms with E-state index >= 15 is 0 Å². The minimum absolute atomic E-state index is 0.0787. The molecule has 7 atom stereocenters. The molecule has 5 rings (SSSR count). The van der Waals surface area contributed by atoms with E-state index in [4.69, 9.17) is 4.74 Å². The van der Waals surface area contributed by atoms with Crippen LogP contribution < -0.4 is 0 Å². The zero-order valence-corrected chi connectivity index (χ0v) is 15.7. The molecule has 3 fully saturated rings. The molecule has 1 spiro atoms. The number of fused-ring (bicyclic) bond motifs is 6. The number of ketones is 1. The number of carbonyl (C=O) groups excluding carboxylic acids is 2. The highest BCUT2D eigenvalue weighted by Gasteiger charge is 2.69. The van der Waals surface area contributed by atoms with Crippen LogP contribution >= 0.6 is 0 Å². The maximum Gasteiger partial charge on any atom is 0.309 e. The Kier molecular flexibility index (Phi) is 3.28. The minimum Gasteiger partial charge on any atom is -0.456 e. The van der Waals surface area contributed by atoms with Gasteiger partial charge in [-0.2, -0.15) is 0 Å². The van der Waals surface area contributed by atoms with Crippen molar-refractivity contribution in [2.24, 2.45) is 28.6 Å². The standard InChI is InChI=1S/C22H28O4/c1-20-8-5-14(23)11-13(20)3-4-15-16(20)6-9-21(2)17(15)7-10-22(21)18(24)12-19(25)26-22/h3-4,11,15-18,24H,5-10,12H2,1-2H3/t15-,16+,17+,18?,20+,21+,22-/m1/s1. The van der Waals surface area contributed by atoms with Crippen LogP contribution in [-0.2, 0) is 14.3 Å². The Morgan fingerprint density at radius 3 is 2.62 bits per heavy atom. The summed E-state index contributed by atoms with van der Waals surface area (Å²) in [6.45, 7) is 4.58. The maximum atomic E-state index is 11.9. The van der Waals surface area contributed by atoms with Gasteiger partial charge in [0.05, 0.1) is 6.42 Å². The first-order valence-corrected chi connectivity index (χ1v) is 10.1. The molecule has 0 aromatic carbocycles. The number of hydrogen-bond donors (Lipinski definition) is 1. The van der Waals surface area contributed by atoms with Crippen molar-refractivity contribution in [1.82, 2.24) is 0 Å². The van der Waals surface area contributed by atoms with Crippen LogP contribution in [0, 0.1) is 28.6 Å². The van der Waals surface area contributed by atoms with Crippen molar-refractivity contribution in [2.75, 3.05) is 0 Å². The number of rotatable bonds is 0. The van der Waals surface area contributed by atoms with Crippen LogP contribution in [0.5, 0.6) is 0 Å². The zero-order valence-electron chi connectivity index (χ0n) is 15.7. The largest absolute Gasteiger partial charge is 0.456 e. The third kappa shape index (κ3) is 1.84. The number of esters is 1. The topological polar surface area (TPSA) is 63.6 Å². The van der Waals surface area contributed by atoms with Gasteiger partial charge in [-0.1, -0.05) is 26.0 Å². The molecule has 5 aliphatic rings. The molecular weight excluding hydrogens is 328 g/mol. The molecule has 0 aromatic heterocycles. The molecule has 26 heavy (non-hydrogen) atoms. The lowest BCUT2D eigenvalue weighted by molar-refractivity contribution is -0.177. The fourth-order valence-corrected chi connectivity index (χ4v) is 7.38. The van der Waals surface area contributed by atoms with Gasteiger partial charge in [-0.25, -0.2) is 0 Å². The summed E-state index contributed by atoms with van der Waals surface area (Å²) in [4.78, 5) is 23.9. The molecule has 0 radical (unpaired) electrons. The highest BCUT2D eigenvalue weighted by Crippen LogP contribution is 2.68. The van der Waals surface area contributed by atoms with Crippen LogP contribution in [0.1, 0.15) is 58.8 Å². The first-order valence-electron chi connectivity index (χ1n) is 10.1. The van der Waals surface area contributed by atoms with Gasteiger partial charge < -0.3 is 9.84 Å². The molecular formula is C22H28O4. The van der Waals surface area contributed by atoms with Gasteiger partial charge in [-0.15, -0.1) is 0 Å². The molecule has 1 saturated heterocycles. The smallest absolute Gasteiger partial charge is 0.309 e. The highest BCUT2D eigenvalue weighted by molar-refractivity contribution is 5.92. The van der Waals surface area contributed by atoms with E-state index < -0.39 is 11.7 Å². The van der Waals surface area contributed by atoms with Gasteiger partial charge in [0.15, 0.2) is 5.78 Å². The van der Waals surface area contributed by atoms with Crippen molar-refractivity contribution >= 4 is 11.8 Å². The fourth-order valence-electron chi connectivity index (χ4n) is 7.38. The van der Waals surface area contributed by atoms with E-state index in [0.717, 1.165) is 32.1 Å². The highest BCUT2D eigenvalue weighted by atomic mass is 16.6. The molecule has 4 heteroatoms. The van der Waals surface area contributed by atoms with Crippen LogP contribution in [0.2, 0.25) is 0 Å². The number of ether oxygens (including phenoxy) is 1. The van der Waals surface area contributed by atoms with E-state index in [2.05, 4.69) is 26.0 Å². The predicted octanol–water partition coefficient (Wildman–Crippen LogP) is 3.34. The second-order valence-corrected chi connectivity index (χ2v) is 9.71. The molecule has 1 N–H and O–H groups in total. The van der Waals surface area contributed by atoms with Crippen LogP contribution in [-0.4, -0.2) is 28.6 Å². The van der Waals surface area contributed by atoms with Crippen molar-refractivity contribution < 1.29 is 19.4 Å². The van der Waals surface area contributed by atoms with Crippen LogP contribution in [0.15, 0.2) is 23.8 Å². The Bertz CT molecular complexity index is 751. The summed E-state index contributed by atoms with van der Waals surface area (Å²) in [6.07, 6.45) is 11.2. The van der Waals surface area contributed by atoms with Crippen molar-refractivity contribution in [1.29, 1.82) is 0 Å². The van der Waals surface area contributed by atoms with Gasteiger partial charge in [0.1, 0.15) is 11.7 Å². The number of hydrogen-bond acceptors (Lipinski definition) is 4. The van der Waals surface area contributed by atoms with E-state index in [9.17, 15) is 14.7 Å². The molecule has 0 bridgehead atoms. The third-order valence-corrected chi connectivity index (χ3v) is 8.89.